The predicted octanol–water partition coefficient (Wildman–Crippen LogP) is 5.87. The van der Waals surface area contributed by atoms with Crippen LogP contribution in [0, 0.1) is 0 Å². The van der Waals surface area contributed by atoms with Crippen LogP contribution in [0.2, 0.25) is 0 Å². The van der Waals surface area contributed by atoms with Crippen molar-refractivity contribution in [1.29, 1.82) is 0 Å². The molecule has 5 heteroatoms. The highest BCUT2D eigenvalue weighted by molar-refractivity contribution is 5.86. The number of hydrogen-bond donors (Lipinski definition) is 0. The van der Waals surface area contributed by atoms with Crippen molar-refractivity contribution in [3.05, 3.63) is 119 Å². The molecule has 0 aromatic heterocycles. The van der Waals surface area contributed by atoms with Crippen LogP contribution < -0.4 is 9.47 Å². The van der Waals surface area contributed by atoms with Gasteiger partial charge in [0.15, 0.2) is 0 Å². The molecule has 0 unspecified atom stereocenters. The van der Waals surface area contributed by atoms with E-state index < -0.39 is 5.41 Å². The molecule has 0 saturated heterocycles. The molecular weight excluding hydrogens is 476 g/mol. The van der Waals surface area contributed by atoms with Gasteiger partial charge in [0.2, 0.25) is 0 Å². The molecule has 0 amide bonds. The monoisotopic (exact) mass is 508 g/mol. The van der Waals surface area contributed by atoms with E-state index in [2.05, 4.69) is 97.1 Å². The lowest BCUT2D eigenvalue weighted by atomic mass is 9.68. The lowest BCUT2D eigenvalue weighted by molar-refractivity contribution is 0.00498. The Balaban J connectivity index is 1.42. The molecule has 4 aliphatic rings. The zero-order valence-electron chi connectivity index (χ0n) is 21.4. The quantitative estimate of drug-likeness (QED) is 0.262. The second-order valence-electron chi connectivity index (χ2n) is 9.42. The highest BCUT2D eigenvalue weighted by Gasteiger charge is 2.45. The molecule has 3 aliphatic heterocycles. The SMILES string of the molecule is c1ccc2c(c1)-c1ccccc1C21c2ccc(cc2)OCCOCCOCCOCCOc2ccc1cc2. The molecule has 0 radical (unpaired) electrons. The van der Waals surface area contributed by atoms with Gasteiger partial charge < -0.3 is 23.7 Å². The molecule has 4 bridgehead atoms. The van der Waals surface area contributed by atoms with Crippen LogP contribution in [0.3, 0.4) is 0 Å². The maximum Gasteiger partial charge on any atom is 0.119 e. The lowest BCUT2D eigenvalue weighted by Crippen LogP contribution is -2.28. The summed E-state index contributed by atoms with van der Waals surface area (Å²) in [5.74, 6) is 1.65. The van der Waals surface area contributed by atoms with E-state index in [0.29, 0.717) is 52.9 Å². The molecule has 0 N–H and O–H groups in total. The third-order valence-corrected chi connectivity index (χ3v) is 7.26. The van der Waals surface area contributed by atoms with Crippen LogP contribution in [-0.4, -0.2) is 52.9 Å². The number of hydrogen-bond acceptors (Lipinski definition) is 5. The van der Waals surface area contributed by atoms with Gasteiger partial charge in [0.25, 0.3) is 0 Å². The molecule has 5 nitrogen and oxygen atoms in total. The number of benzene rings is 4. The summed E-state index contributed by atoms with van der Waals surface area (Å²) in [5.41, 5.74) is 7.03. The van der Waals surface area contributed by atoms with Gasteiger partial charge in [-0.3, -0.25) is 0 Å². The Morgan fingerprint density at radius 2 is 0.763 bits per heavy atom. The Labute approximate surface area is 223 Å². The summed E-state index contributed by atoms with van der Waals surface area (Å²) in [6.07, 6.45) is 0. The fourth-order valence-corrected chi connectivity index (χ4v) is 5.60. The van der Waals surface area contributed by atoms with Gasteiger partial charge in [0.05, 0.1) is 45.1 Å². The van der Waals surface area contributed by atoms with Crippen LogP contribution in [0.4, 0.5) is 0 Å². The third-order valence-electron chi connectivity index (χ3n) is 7.26. The second kappa shape index (κ2) is 11.4. The van der Waals surface area contributed by atoms with E-state index in [0.717, 1.165) is 11.5 Å². The molecule has 3 heterocycles. The highest BCUT2D eigenvalue weighted by atomic mass is 16.6. The van der Waals surface area contributed by atoms with E-state index in [1.807, 2.05) is 0 Å². The van der Waals surface area contributed by atoms with E-state index in [-0.39, 0.29) is 0 Å². The topological polar surface area (TPSA) is 46.2 Å². The molecule has 38 heavy (non-hydrogen) atoms. The fraction of sp³-hybridized carbons (Fsp3) is 0.273. The van der Waals surface area contributed by atoms with Crippen molar-refractivity contribution in [1.82, 2.24) is 0 Å². The van der Waals surface area contributed by atoms with Crippen LogP contribution in [0.15, 0.2) is 97.1 Å². The standard InChI is InChI=1S/C33H32O5/c1-3-7-31-29(5-1)30-6-2-4-8-32(30)33(31)25-9-13-27(14-10-25)37-23-21-35-19-17-34-18-20-36-22-24-38-28-15-11-26(33)12-16-28/h1-16H,17-24H2. The minimum Gasteiger partial charge on any atom is -0.491 e. The molecule has 1 aliphatic carbocycles. The van der Waals surface area contributed by atoms with Crippen molar-refractivity contribution >= 4 is 0 Å². The van der Waals surface area contributed by atoms with Crippen LogP contribution in [-0.2, 0) is 19.6 Å². The summed E-state index contributed by atoms with van der Waals surface area (Å²) in [6, 6.07) is 34.5. The first kappa shape index (κ1) is 24.7. The molecule has 4 aromatic rings. The maximum absolute atomic E-state index is 5.98. The summed E-state index contributed by atoms with van der Waals surface area (Å²) in [4.78, 5) is 0. The van der Waals surface area contributed by atoms with Gasteiger partial charge >= 0.3 is 0 Å². The third kappa shape index (κ3) is 4.69. The molecule has 0 fully saturated rings. The summed E-state index contributed by atoms with van der Waals surface area (Å²) in [7, 11) is 0. The summed E-state index contributed by atoms with van der Waals surface area (Å²) in [6.45, 7) is 4.12. The zero-order chi connectivity index (χ0) is 25.6. The van der Waals surface area contributed by atoms with Gasteiger partial charge in [-0.15, -0.1) is 0 Å². The van der Waals surface area contributed by atoms with Crippen LogP contribution in [0.5, 0.6) is 11.5 Å². The highest BCUT2D eigenvalue weighted by Crippen LogP contribution is 2.56. The van der Waals surface area contributed by atoms with Crippen molar-refractivity contribution in [2.75, 3.05) is 52.9 Å². The largest absolute Gasteiger partial charge is 0.491 e. The first-order valence-electron chi connectivity index (χ1n) is 13.3. The molecule has 0 saturated carbocycles. The van der Waals surface area contributed by atoms with Crippen LogP contribution in [0.1, 0.15) is 22.3 Å². The van der Waals surface area contributed by atoms with E-state index >= 15 is 0 Å². The minimum atomic E-state index is -0.451. The number of ether oxygens (including phenoxy) is 5. The van der Waals surface area contributed by atoms with E-state index in [1.54, 1.807) is 0 Å². The Bertz CT molecular complexity index is 1240. The van der Waals surface area contributed by atoms with Gasteiger partial charge in [-0.1, -0.05) is 72.8 Å². The number of fused-ring (bicyclic) bond motifs is 5. The van der Waals surface area contributed by atoms with Gasteiger partial charge in [-0.25, -0.2) is 0 Å². The molecule has 194 valence electrons. The zero-order valence-corrected chi connectivity index (χ0v) is 21.4. The average Bonchev–Trinajstić information content (AvgIpc) is 3.27. The minimum absolute atomic E-state index is 0.451. The van der Waals surface area contributed by atoms with Gasteiger partial charge in [0, 0.05) is 0 Å². The molecule has 0 atom stereocenters. The molecular formula is C33H32O5. The fourth-order valence-electron chi connectivity index (χ4n) is 5.60. The van der Waals surface area contributed by atoms with Gasteiger partial charge in [0.1, 0.15) is 24.7 Å². The van der Waals surface area contributed by atoms with Crippen molar-refractivity contribution in [3.63, 3.8) is 0 Å². The Hall–Kier alpha value is -3.64. The summed E-state index contributed by atoms with van der Waals surface area (Å²) in [5, 5.41) is 0. The van der Waals surface area contributed by atoms with Crippen molar-refractivity contribution in [2.45, 2.75) is 5.41 Å². The lowest BCUT2D eigenvalue weighted by Gasteiger charge is -2.34. The molecule has 1 spiro atoms. The van der Waals surface area contributed by atoms with E-state index in [4.69, 9.17) is 23.7 Å². The molecule has 4 aromatic carbocycles. The van der Waals surface area contributed by atoms with Crippen molar-refractivity contribution in [2.24, 2.45) is 0 Å². The maximum atomic E-state index is 5.98. The Morgan fingerprint density at radius 1 is 0.395 bits per heavy atom. The normalized spacial score (nSPS) is 17.5. The molecule has 8 rings (SSSR count). The van der Waals surface area contributed by atoms with Gasteiger partial charge in [-0.2, -0.15) is 0 Å². The van der Waals surface area contributed by atoms with Gasteiger partial charge in [-0.05, 0) is 57.6 Å². The summed E-state index contributed by atoms with van der Waals surface area (Å²) < 4.78 is 28.8. The van der Waals surface area contributed by atoms with Crippen LogP contribution >= 0.6 is 0 Å². The first-order chi connectivity index (χ1) is 18.9. The Kier molecular flexibility index (Phi) is 7.40. The summed E-state index contributed by atoms with van der Waals surface area (Å²) >= 11 is 0. The number of rotatable bonds is 0. The smallest absolute Gasteiger partial charge is 0.119 e. The van der Waals surface area contributed by atoms with E-state index in [9.17, 15) is 0 Å². The first-order valence-corrected chi connectivity index (χ1v) is 13.3. The Morgan fingerprint density at radius 3 is 1.18 bits per heavy atom. The predicted molar refractivity (Wildman–Crippen MR) is 147 cm³/mol. The average molecular weight is 509 g/mol. The van der Waals surface area contributed by atoms with Crippen molar-refractivity contribution < 1.29 is 23.7 Å². The van der Waals surface area contributed by atoms with Crippen molar-refractivity contribution in [3.8, 4) is 22.6 Å². The second-order valence-corrected chi connectivity index (χ2v) is 9.42. The van der Waals surface area contributed by atoms with Crippen LogP contribution in [0.25, 0.3) is 11.1 Å². The van der Waals surface area contributed by atoms with E-state index in [1.165, 1.54) is 33.4 Å².